The molecule has 1 saturated carbocycles. The fraction of sp³-hybridized carbons (Fsp3) is 0.667. The standard InChI is InChI=1S/C15H21N3O/c1-12-17-10-7-13(18-12)14(19)15(11-16)8-5-3-2-4-6-9-15/h7,10,14,19H,2-6,8-9H2,1H3. The van der Waals surface area contributed by atoms with Gasteiger partial charge in [-0.3, -0.25) is 0 Å². The third-order valence-electron chi connectivity index (χ3n) is 4.07. The summed E-state index contributed by atoms with van der Waals surface area (Å²) in [5.74, 6) is 0.635. The topological polar surface area (TPSA) is 69.8 Å². The normalized spacial score (nSPS) is 20.9. The van der Waals surface area contributed by atoms with Gasteiger partial charge in [-0.05, 0) is 25.8 Å². The van der Waals surface area contributed by atoms with Crippen LogP contribution in [0.5, 0.6) is 0 Å². The van der Waals surface area contributed by atoms with Crippen molar-refractivity contribution in [3.8, 4) is 6.07 Å². The quantitative estimate of drug-likeness (QED) is 0.886. The van der Waals surface area contributed by atoms with Crippen LogP contribution in [0.25, 0.3) is 0 Å². The van der Waals surface area contributed by atoms with Crippen LogP contribution >= 0.6 is 0 Å². The van der Waals surface area contributed by atoms with E-state index in [1.807, 2.05) is 0 Å². The van der Waals surface area contributed by atoms with Crippen molar-refractivity contribution in [1.29, 1.82) is 5.26 Å². The molecule has 0 aromatic carbocycles. The molecular formula is C15H21N3O. The second-order valence-corrected chi connectivity index (χ2v) is 5.47. The Labute approximate surface area is 114 Å². The highest BCUT2D eigenvalue weighted by Crippen LogP contribution is 2.43. The highest BCUT2D eigenvalue weighted by molar-refractivity contribution is 5.15. The average Bonchev–Trinajstić information content (AvgIpc) is 2.39. The largest absolute Gasteiger partial charge is 0.385 e. The minimum Gasteiger partial charge on any atom is -0.385 e. The molecule has 1 fully saturated rings. The van der Waals surface area contributed by atoms with Gasteiger partial charge in [0.2, 0.25) is 0 Å². The molecule has 1 N–H and O–H groups in total. The van der Waals surface area contributed by atoms with Crippen molar-refractivity contribution in [2.75, 3.05) is 0 Å². The van der Waals surface area contributed by atoms with Gasteiger partial charge in [0.05, 0.1) is 17.2 Å². The van der Waals surface area contributed by atoms with E-state index in [-0.39, 0.29) is 0 Å². The van der Waals surface area contributed by atoms with Gasteiger partial charge in [-0.2, -0.15) is 5.26 Å². The van der Waals surface area contributed by atoms with E-state index in [4.69, 9.17) is 0 Å². The molecule has 2 rings (SSSR count). The molecule has 1 unspecified atom stereocenters. The Morgan fingerprint density at radius 1 is 1.26 bits per heavy atom. The lowest BCUT2D eigenvalue weighted by molar-refractivity contribution is 0.0399. The zero-order valence-corrected chi connectivity index (χ0v) is 11.5. The number of aryl methyl sites for hydroxylation is 1. The fourth-order valence-corrected chi connectivity index (χ4v) is 2.89. The van der Waals surface area contributed by atoms with E-state index in [0.717, 1.165) is 38.5 Å². The first kappa shape index (κ1) is 14.0. The number of nitriles is 1. The Bertz CT molecular complexity index is 459. The number of aliphatic hydroxyl groups is 1. The number of aliphatic hydroxyl groups excluding tert-OH is 1. The molecule has 0 spiro atoms. The van der Waals surface area contributed by atoms with Gasteiger partial charge >= 0.3 is 0 Å². The molecule has 1 aliphatic rings. The molecule has 0 bridgehead atoms. The summed E-state index contributed by atoms with van der Waals surface area (Å²) in [6.45, 7) is 1.80. The van der Waals surface area contributed by atoms with Gasteiger partial charge in [0, 0.05) is 6.20 Å². The third-order valence-corrected chi connectivity index (χ3v) is 4.07. The third kappa shape index (κ3) is 3.10. The number of aromatic nitrogens is 2. The first-order valence-corrected chi connectivity index (χ1v) is 7.07. The lowest BCUT2D eigenvalue weighted by Gasteiger charge is -2.33. The summed E-state index contributed by atoms with van der Waals surface area (Å²) in [5, 5.41) is 20.2. The molecule has 4 nitrogen and oxygen atoms in total. The highest BCUT2D eigenvalue weighted by atomic mass is 16.3. The minimum atomic E-state index is -0.808. The van der Waals surface area contributed by atoms with Crippen LogP contribution in [0.15, 0.2) is 12.3 Å². The fourth-order valence-electron chi connectivity index (χ4n) is 2.89. The lowest BCUT2D eigenvalue weighted by Crippen LogP contribution is -2.29. The van der Waals surface area contributed by atoms with Gasteiger partial charge in [0.15, 0.2) is 0 Å². The van der Waals surface area contributed by atoms with Crippen molar-refractivity contribution in [3.63, 3.8) is 0 Å². The number of hydrogen-bond donors (Lipinski definition) is 1. The second-order valence-electron chi connectivity index (χ2n) is 5.47. The van der Waals surface area contributed by atoms with Crippen molar-refractivity contribution < 1.29 is 5.11 Å². The molecule has 0 radical (unpaired) electrons. The predicted octanol–water partition coefficient (Wildman–Crippen LogP) is 3.07. The summed E-state index contributed by atoms with van der Waals surface area (Å²) in [5.41, 5.74) is -0.101. The van der Waals surface area contributed by atoms with Gasteiger partial charge in [-0.1, -0.05) is 32.1 Å². The summed E-state index contributed by atoms with van der Waals surface area (Å²) in [6.07, 6.45) is 7.92. The zero-order chi connectivity index (χ0) is 13.7. The molecule has 0 amide bonds. The maximum absolute atomic E-state index is 10.6. The molecule has 0 aliphatic heterocycles. The first-order chi connectivity index (χ1) is 9.18. The molecule has 102 valence electrons. The van der Waals surface area contributed by atoms with Crippen molar-refractivity contribution in [1.82, 2.24) is 9.97 Å². The maximum Gasteiger partial charge on any atom is 0.125 e. The molecular weight excluding hydrogens is 238 g/mol. The molecule has 19 heavy (non-hydrogen) atoms. The Kier molecular flexibility index (Phi) is 4.49. The molecule has 1 heterocycles. The van der Waals surface area contributed by atoms with E-state index >= 15 is 0 Å². The van der Waals surface area contributed by atoms with Crippen LogP contribution in [0.3, 0.4) is 0 Å². The maximum atomic E-state index is 10.6. The van der Waals surface area contributed by atoms with Crippen molar-refractivity contribution >= 4 is 0 Å². The van der Waals surface area contributed by atoms with E-state index in [1.54, 1.807) is 19.2 Å². The van der Waals surface area contributed by atoms with Gasteiger partial charge in [0.25, 0.3) is 0 Å². The number of nitrogens with zero attached hydrogens (tertiary/aromatic N) is 3. The van der Waals surface area contributed by atoms with Gasteiger partial charge in [0.1, 0.15) is 11.9 Å². The number of rotatable bonds is 2. The van der Waals surface area contributed by atoms with Crippen molar-refractivity contribution in [2.45, 2.75) is 58.0 Å². The predicted molar refractivity (Wildman–Crippen MR) is 72.1 cm³/mol. The second kappa shape index (κ2) is 6.12. The van der Waals surface area contributed by atoms with Gasteiger partial charge in [-0.15, -0.1) is 0 Å². The average molecular weight is 259 g/mol. The molecule has 1 aromatic rings. The van der Waals surface area contributed by atoms with Gasteiger partial charge in [-0.25, -0.2) is 9.97 Å². The van der Waals surface area contributed by atoms with Crippen LogP contribution in [-0.4, -0.2) is 15.1 Å². The Morgan fingerprint density at radius 2 is 1.89 bits per heavy atom. The highest BCUT2D eigenvalue weighted by Gasteiger charge is 2.39. The van der Waals surface area contributed by atoms with Crippen LogP contribution in [0, 0.1) is 23.7 Å². The van der Waals surface area contributed by atoms with E-state index in [0.29, 0.717) is 11.5 Å². The molecule has 4 heteroatoms. The monoisotopic (exact) mass is 259 g/mol. The van der Waals surface area contributed by atoms with E-state index in [2.05, 4.69) is 16.0 Å². The number of hydrogen-bond acceptors (Lipinski definition) is 4. The van der Waals surface area contributed by atoms with E-state index < -0.39 is 11.5 Å². The molecule has 0 saturated heterocycles. The Hall–Kier alpha value is -1.47. The molecule has 1 aromatic heterocycles. The lowest BCUT2D eigenvalue weighted by atomic mass is 9.72. The van der Waals surface area contributed by atoms with Crippen LogP contribution in [0.1, 0.15) is 62.6 Å². The Morgan fingerprint density at radius 3 is 2.47 bits per heavy atom. The van der Waals surface area contributed by atoms with E-state index in [1.165, 1.54) is 6.42 Å². The van der Waals surface area contributed by atoms with Gasteiger partial charge < -0.3 is 5.11 Å². The summed E-state index contributed by atoms with van der Waals surface area (Å²) >= 11 is 0. The summed E-state index contributed by atoms with van der Waals surface area (Å²) < 4.78 is 0. The van der Waals surface area contributed by atoms with Crippen molar-refractivity contribution in [3.05, 3.63) is 23.8 Å². The van der Waals surface area contributed by atoms with Crippen LogP contribution < -0.4 is 0 Å². The SMILES string of the molecule is Cc1nccc(C(O)C2(C#N)CCCCCCC2)n1. The van der Waals surface area contributed by atoms with Crippen LogP contribution in [0.4, 0.5) is 0 Å². The summed E-state index contributed by atoms with van der Waals surface area (Å²) in [4.78, 5) is 8.33. The minimum absolute atomic E-state index is 0.578. The molecule has 1 aliphatic carbocycles. The summed E-state index contributed by atoms with van der Waals surface area (Å²) in [6, 6.07) is 4.11. The first-order valence-electron chi connectivity index (χ1n) is 7.07. The van der Waals surface area contributed by atoms with Crippen LogP contribution in [0.2, 0.25) is 0 Å². The van der Waals surface area contributed by atoms with E-state index in [9.17, 15) is 10.4 Å². The van der Waals surface area contributed by atoms with Crippen molar-refractivity contribution in [2.24, 2.45) is 5.41 Å². The zero-order valence-electron chi connectivity index (χ0n) is 11.5. The smallest absolute Gasteiger partial charge is 0.125 e. The summed E-state index contributed by atoms with van der Waals surface area (Å²) in [7, 11) is 0. The van der Waals surface area contributed by atoms with Crippen LogP contribution in [-0.2, 0) is 0 Å². The molecule has 1 atom stereocenters. The Balaban J connectivity index is 2.26.